The summed E-state index contributed by atoms with van der Waals surface area (Å²) < 4.78 is 5.24. The normalized spacial score (nSPS) is 14.2. The molecule has 1 aromatic heterocycles. The summed E-state index contributed by atoms with van der Waals surface area (Å²) in [7, 11) is 0. The van der Waals surface area contributed by atoms with Gasteiger partial charge in [0.1, 0.15) is 5.76 Å². The van der Waals surface area contributed by atoms with Crippen molar-refractivity contribution in [2.45, 2.75) is 46.2 Å². The largest absolute Gasteiger partial charge is 0.361 e. The van der Waals surface area contributed by atoms with Crippen molar-refractivity contribution in [1.29, 1.82) is 0 Å². The Morgan fingerprint density at radius 1 is 1.24 bits per heavy atom. The number of aromatic nitrogens is 1. The number of halogens is 2. The minimum Gasteiger partial charge on any atom is -0.361 e. The predicted octanol–water partition coefficient (Wildman–Crippen LogP) is 5.40. The molecule has 2 unspecified atom stereocenters. The smallest absolute Gasteiger partial charge is 0.138 e. The third-order valence-corrected chi connectivity index (χ3v) is 4.47. The molecule has 5 heteroatoms. The lowest BCUT2D eigenvalue weighted by Crippen LogP contribution is -2.25. The van der Waals surface area contributed by atoms with Crippen molar-refractivity contribution >= 4 is 23.2 Å². The third kappa shape index (κ3) is 3.60. The minimum absolute atomic E-state index is 0.149. The highest BCUT2D eigenvalue weighted by atomic mass is 35.5. The van der Waals surface area contributed by atoms with Gasteiger partial charge in [0.05, 0.1) is 15.7 Å². The Morgan fingerprint density at radius 2 is 1.95 bits per heavy atom. The van der Waals surface area contributed by atoms with Crippen LogP contribution in [-0.2, 0) is 0 Å². The fourth-order valence-corrected chi connectivity index (χ4v) is 2.98. The topological polar surface area (TPSA) is 38.1 Å². The molecule has 3 nitrogen and oxygen atoms in total. The Balaban J connectivity index is 2.21. The number of nitrogens with zero attached hydrogens (tertiary/aromatic N) is 1. The first-order valence-corrected chi connectivity index (χ1v) is 7.83. The molecule has 1 aromatic carbocycles. The number of hydrogen-bond acceptors (Lipinski definition) is 3. The summed E-state index contributed by atoms with van der Waals surface area (Å²) in [6.45, 7) is 8.16. The maximum atomic E-state index is 6.12. The van der Waals surface area contributed by atoms with Gasteiger partial charge in [-0.3, -0.25) is 0 Å². The fraction of sp³-hybridized carbons (Fsp3) is 0.438. The van der Waals surface area contributed by atoms with E-state index >= 15 is 0 Å². The van der Waals surface area contributed by atoms with Crippen molar-refractivity contribution in [3.63, 3.8) is 0 Å². The van der Waals surface area contributed by atoms with Crippen LogP contribution >= 0.6 is 23.2 Å². The zero-order valence-corrected chi connectivity index (χ0v) is 14.2. The van der Waals surface area contributed by atoms with Gasteiger partial charge < -0.3 is 9.84 Å². The van der Waals surface area contributed by atoms with Crippen LogP contribution in [0.5, 0.6) is 0 Å². The predicted molar refractivity (Wildman–Crippen MR) is 87.0 cm³/mol. The molecule has 0 saturated heterocycles. The Morgan fingerprint density at radius 3 is 2.48 bits per heavy atom. The van der Waals surface area contributed by atoms with Crippen molar-refractivity contribution in [3.05, 3.63) is 50.8 Å². The van der Waals surface area contributed by atoms with Crippen LogP contribution in [0.3, 0.4) is 0 Å². The summed E-state index contributed by atoms with van der Waals surface area (Å²) in [5.74, 6) is 0.858. The summed E-state index contributed by atoms with van der Waals surface area (Å²) >= 11 is 12.1. The van der Waals surface area contributed by atoms with Crippen molar-refractivity contribution in [2.75, 3.05) is 0 Å². The zero-order chi connectivity index (χ0) is 15.6. The molecule has 0 spiro atoms. The van der Waals surface area contributed by atoms with E-state index in [0.29, 0.717) is 10.0 Å². The van der Waals surface area contributed by atoms with Gasteiger partial charge in [0, 0.05) is 17.6 Å². The zero-order valence-electron chi connectivity index (χ0n) is 12.7. The van der Waals surface area contributed by atoms with Gasteiger partial charge in [-0.05, 0) is 44.9 Å². The monoisotopic (exact) mass is 326 g/mol. The van der Waals surface area contributed by atoms with E-state index in [0.717, 1.165) is 29.0 Å². The molecule has 0 amide bonds. The van der Waals surface area contributed by atoms with Crippen LogP contribution in [0.1, 0.15) is 54.9 Å². The molecular weight excluding hydrogens is 307 g/mol. The summed E-state index contributed by atoms with van der Waals surface area (Å²) in [4.78, 5) is 0. The Kier molecular flexibility index (Phi) is 5.31. The molecule has 114 valence electrons. The number of nitrogens with one attached hydrogen (secondary N) is 1. The maximum absolute atomic E-state index is 6.12. The first-order valence-electron chi connectivity index (χ1n) is 7.07. The van der Waals surface area contributed by atoms with Crippen LogP contribution in [0, 0.1) is 13.8 Å². The highest BCUT2D eigenvalue weighted by Crippen LogP contribution is 2.29. The summed E-state index contributed by atoms with van der Waals surface area (Å²) in [5.41, 5.74) is 3.18. The van der Waals surface area contributed by atoms with E-state index in [2.05, 4.69) is 24.3 Å². The standard InChI is InChI=1S/C16H20Cl2N2O/c1-5-15(12-6-7-13(17)14(18)8-12)19-9(2)16-10(3)20-21-11(16)4/h6-9,15,19H,5H2,1-4H3. The molecule has 0 aliphatic carbocycles. The maximum Gasteiger partial charge on any atom is 0.138 e. The average Bonchev–Trinajstić information content (AvgIpc) is 2.78. The lowest BCUT2D eigenvalue weighted by molar-refractivity contribution is 0.388. The summed E-state index contributed by atoms with van der Waals surface area (Å²) in [5, 5.41) is 8.79. The number of aryl methyl sites for hydroxylation is 2. The highest BCUT2D eigenvalue weighted by Gasteiger charge is 2.20. The second-order valence-electron chi connectivity index (χ2n) is 5.26. The third-order valence-electron chi connectivity index (χ3n) is 3.73. The van der Waals surface area contributed by atoms with E-state index in [-0.39, 0.29) is 12.1 Å². The van der Waals surface area contributed by atoms with E-state index in [1.54, 1.807) is 0 Å². The lowest BCUT2D eigenvalue weighted by Gasteiger charge is -2.23. The minimum atomic E-state index is 0.149. The average molecular weight is 327 g/mol. The van der Waals surface area contributed by atoms with Gasteiger partial charge in [-0.1, -0.05) is 41.3 Å². The van der Waals surface area contributed by atoms with E-state index in [1.165, 1.54) is 0 Å². The van der Waals surface area contributed by atoms with Gasteiger partial charge >= 0.3 is 0 Å². The van der Waals surface area contributed by atoms with Crippen LogP contribution in [0.15, 0.2) is 22.7 Å². The molecule has 2 aromatic rings. The Bertz CT molecular complexity index is 605. The molecule has 0 fully saturated rings. The highest BCUT2D eigenvalue weighted by molar-refractivity contribution is 6.42. The number of rotatable bonds is 5. The van der Waals surface area contributed by atoms with Gasteiger partial charge in [-0.2, -0.15) is 0 Å². The van der Waals surface area contributed by atoms with Gasteiger partial charge in [0.25, 0.3) is 0 Å². The summed E-state index contributed by atoms with van der Waals surface area (Å²) in [6.07, 6.45) is 0.950. The number of hydrogen-bond donors (Lipinski definition) is 1. The molecule has 0 radical (unpaired) electrons. The molecular formula is C16H20Cl2N2O. The molecule has 0 bridgehead atoms. The SMILES string of the molecule is CCC(NC(C)c1c(C)noc1C)c1ccc(Cl)c(Cl)c1. The van der Waals surface area contributed by atoms with Crippen LogP contribution < -0.4 is 5.32 Å². The van der Waals surface area contributed by atoms with E-state index < -0.39 is 0 Å². The van der Waals surface area contributed by atoms with Gasteiger partial charge in [0.2, 0.25) is 0 Å². The Hall–Kier alpha value is -1.03. The van der Waals surface area contributed by atoms with Gasteiger partial charge in [-0.15, -0.1) is 0 Å². The van der Waals surface area contributed by atoms with E-state index in [9.17, 15) is 0 Å². The van der Waals surface area contributed by atoms with E-state index in [4.69, 9.17) is 27.7 Å². The lowest BCUT2D eigenvalue weighted by atomic mass is 10.0. The molecule has 0 aliphatic heterocycles. The molecule has 2 rings (SSSR count). The van der Waals surface area contributed by atoms with Crippen LogP contribution in [-0.4, -0.2) is 5.16 Å². The van der Waals surface area contributed by atoms with Crippen molar-refractivity contribution < 1.29 is 4.52 Å². The van der Waals surface area contributed by atoms with Crippen molar-refractivity contribution in [1.82, 2.24) is 10.5 Å². The van der Waals surface area contributed by atoms with Crippen LogP contribution in [0.2, 0.25) is 10.0 Å². The molecule has 1 heterocycles. The molecule has 0 saturated carbocycles. The van der Waals surface area contributed by atoms with Crippen LogP contribution in [0.25, 0.3) is 0 Å². The van der Waals surface area contributed by atoms with Crippen molar-refractivity contribution in [2.24, 2.45) is 0 Å². The van der Waals surface area contributed by atoms with Crippen LogP contribution in [0.4, 0.5) is 0 Å². The molecule has 1 N–H and O–H groups in total. The van der Waals surface area contributed by atoms with E-state index in [1.807, 2.05) is 32.0 Å². The first-order chi connectivity index (χ1) is 9.93. The molecule has 2 atom stereocenters. The fourth-order valence-electron chi connectivity index (χ4n) is 2.67. The second-order valence-corrected chi connectivity index (χ2v) is 6.07. The first kappa shape index (κ1) is 16.3. The van der Waals surface area contributed by atoms with Gasteiger partial charge in [0.15, 0.2) is 0 Å². The second kappa shape index (κ2) is 6.82. The quantitative estimate of drug-likeness (QED) is 0.799. The number of benzene rings is 1. The Labute approximate surface area is 135 Å². The van der Waals surface area contributed by atoms with Crippen molar-refractivity contribution in [3.8, 4) is 0 Å². The molecule has 21 heavy (non-hydrogen) atoms. The van der Waals surface area contributed by atoms with Gasteiger partial charge in [-0.25, -0.2) is 0 Å². The summed E-state index contributed by atoms with van der Waals surface area (Å²) in [6, 6.07) is 6.11. The molecule has 0 aliphatic rings.